The highest BCUT2D eigenvalue weighted by Gasteiger charge is 2.36. The molecule has 1 aromatic heterocycles. The molecule has 1 aliphatic rings. The van der Waals surface area contributed by atoms with Crippen LogP contribution in [0.3, 0.4) is 0 Å². The van der Waals surface area contributed by atoms with Gasteiger partial charge in [0, 0.05) is 22.6 Å². The molecule has 0 saturated carbocycles. The largest absolute Gasteiger partial charge is 0.459 e. The van der Waals surface area contributed by atoms with Gasteiger partial charge in [0.05, 0.1) is 17.8 Å². The fourth-order valence-corrected chi connectivity index (χ4v) is 4.96. The average Bonchev–Trinajstić information content (AvgIpc) is 3.15. The van der Waals surface area contributed by atoms with Crippen LogP contribution >= 0.6 is 23.2 Å². The van der Waals surface area contributed by atoms with Crippen LogP contribution in [0, 0.1) is 0 Å². The Hall–Kier alpha value is -1.50. The van der Waals surface area contributed by atoms with Gasteiger partial charge in [-0.1, -0.05) is 29.3 Å². The zero-order valence-electron chi connectivity index (χ0n) is 12.6. The van der Waals surface area contributed by atoms with E-state index in [4.69, 9.17) is 27.6 Å². The van der Waals surface area contributed by atoms with Crippen LogP contribution in [-0.2, 0) is 16.4 Å². The van der Waals surface area contributed by atoms with E-state index in [9.17, 15) is 13.2 Å². The molecule has 1 fully saturated rings. The van der Waals surface area contributed by atoms with E-state index in [0.29, 0.717) is 22.0 Å². The molecule has 5 nitrogen and oxygen atoms in total. The number of hydrogen-bond donors (Lipinski definition) is 0. The molecule has 0 spiro atoms. The van der Waals surface area contributed by atoms with Gasteiger partial charge in [0.15, 0.2) is 15.6 Å². The number of halogens is 2. The first-order valence-electron chi connectivity index (χ1n) is 7.34. The fraction of sp³-hybridized carbons (Fsp3) is 0.312. The number of carbonyl (C=O) groups is 1. The molecule has 1 aliphatic heterocycles. The van der Waals surface area contributed by atoms with Crippen molar-refractivity contribution in [1.82, 2.24) is 4.90 Å². The molecule has 8 heteroatoms. The summed E-state index contributed by atoms with van der Waals surface area (Å²) in [5.41, 5.74) is 0.699. The van der Waals surface area contributed by atoms with Gasteiger partial charge in [-0.2, -0.15) is 0 Å². The Labute approximate surface area is 150 Å². The number of benzene rings is 1. The van der Waals surface area contributed by atoms with Gasteiger partial charge in [-0.15, -0.1) is 0 Å². The van der Waals surface area contributed by atoms with E-state index in [1.807, 2.05) is 0 Å². The van der Waals surface area contributed by atoms with Gasteiger partial charge < -0.3 is 9.32 Å². The summed E-state index contributed by atoms with van der Waals surface area (Å²) in [4.78, 5) is 14.3. The Kier molecular flexibility index (Phi) is 4.90. The summed E-state index contributed by atoms with van der Waals surface area (Å²) in [6, 6.07) is 7.79. The molecular formula is C16H15Cl2NO4S. The maximum atomic E-state index is 12.8. The van der Waals surface area contributed by atoms with Crippen LogP contribution in [-0.4, -0.2) is 36.8 Å². The van der Waals surface area contributed by atoms with Gasteiger partial charge in [-0.3, -0.25) is 4.79 Å². The quantitative estimate of drug-likeness (QED) is 0.805. The second-order valence-corrected chi connectivity index (χ2v) is 8.78. The smallest absolute Gasteiger partial charge is 0.290 e. The van der Waals surface area contributed by atoms with Crippen molar-refractivity contribution >= 4 is 38.9 Å². The fourth-order valence-electron chi connectivity index (χ4n) is 2.76. The van der Waals surface area contributed by atoms with Crippen molar-refractivity contribution in [3.8, 4) is 0 Å². The molecular weight excluding hydrogens is 373 g/mol. The number of sulfone groups is 1. The minimum absolute atomic E-state index is 0.0509. The van der Waals surface area contributed by atoms with Crippen molar-refractivity contribution in [2.24, 2.45) is 0 Å². The summed E-state index contributed by atoms with van der Waals surface area (Å²) in [6.45, 7) is 0.190. The summed E-state index contributed by atoms with van der Waals surface area (Å²) in [5, 5.41) is 0.928. The molecule has 3 rings (SSSR count). The number of hydrogen-bond acceptors (Lipinski definition) is 4. The molecule has 2 aromatic rings. The Balaban J connectivity index is 1.91. The number of furan rings is 1. The van der Waals surface area contributed by atoms with E-state index >= 15 is 0 Å². The zero-order chi connectivity index (χ0) is 17.3. The van der Waals surface area contributed by atoms with Crippen molar-refractivity contribution < 1.29 is 17.6 Å². The minimum Gasteiger partial charge on any atom is -0.459 e. The molecule has 1 atom stereocenters. The zero-order valence-corrected chi connectivity index (χ0v) is 14.9. The van der Waals surface area contributed by atoms with Gasteiger partial charge in [0.25, 0.3) is 5.91 Å². The number of nitrogens with zero attached hydrogens (tertiary/aromatic N) is 1. The predicted octanol–water partition coefficient (Wildman–Crippen LogP) is 3.42. The maximum Gasteiger partial charge on any atom is 0.290 e. The molecule has 0 aliphatic carbocycles. The topological polar surface area (TPSA) is 67.6 Å². The highest BCUT2D eigenvalue weighted by atomic mass is 35.5. The predicted molar refractivity (Wildman–Crippen MR) is 92.1 cm³/mol. The molecule has 0 N–H and O–H groups in total. The normalized spacial score (nSPS) is 19.3. The molecule has 0 radical (unpaired) electrons. The Morgan fingerprint density at radius 2 is 2.08 bits per heavy atom. The lowest BCUT2D eigenvalue weighted by Crippen LogP contribution is -2.40. The third-order valence-electron chi connectivity index (χ3n) is 4.00. The lowest BCUT2D eigenvalue weighted by molar-refractivity contribution is 0.0648. The van der Waals surface area contributed by atoms with E-state index in [1.165, 1.54) is 11.2 Å². The lowest BCUT2D eigenvalue weighted by Gasteiger charge is -2.28. The van der Waals surface area contributed by atoms with E-state index in [1.54, 1.807) is 30.3 Å². The number of carbonyl (C=O) groups excluding carboxylic acids is 1. The van der Waals surface area contributed by atoms with E-state index in [-0.39, 0.29) is 29.7 Å². The van der Waals surface area contributed by atoms with E-state index in [2.05, 4.69) is 0 Å². The summed E-state index contributed by atoms with van der Waals surface area (Å²) in [5.74, 6) is -0.156. The third-order valence-corrected chi connectivity index (χ3v) is 6.34. The molecule has 0 bridgehead atoms. The van der Waals surface area contributed by atoms with Crippen LogP contribution in [0.5, 0.6) is 0 Å². The van der Waals surface area contributed by atoms with E-state index in [0.717, 1.165) is 0 Å². The van der Waals surface area contributed by atoms with Crippen LogP contribution in [0.15, 0.2) is 41.0 Å². The van der Waals surface area contributed by atoms with Crippen molar-refractivity contribution in [2.75, 3.05) is 11.5 Å². The van der Waals surface area contributed by atoms with E-state index < -0.39 is 15.9 Å². The SMILES string of the molecule is O=C(c1ccco1)N(Cc1ccc(Cl)cc1Cl)C1CCS(=O)(=O)C1. The maximum absolute atomic E-state index is 12.8. The van der Waals surface area contributed by atoms with Crippen molar-refractivity contribution in [3.63, 3.8) is 0 Å². The summed E-state index contributed by atoms with van der Waals surface area (Å²) < 4.78 is 28.8. The first-order valence-corrected chi connectivity index (χ1v) is 9.92. The second-order valence-electron chi connectivity index (χ2n) is 5.70. The number of amides is 1. The molecule has 2 heterocycles. The van der Waals surface area contributed by atoms with Crippen molar-refractivity contribution in [1.29, 1.82) is 0 Å². The van der Waals surface area contributed by atoms with Gasteiger partial charge >= 0.3 is 0 Å². The molecule has 1 amide bonds. The van der Waals surface area contributed by atoms with Crippen LogP contribution in [0.2, 0.25) is 10.0 Å². The van der Waals surface area contributed by atoms with Gasteiger partial charge in [-0.05, 0) is 36.2 Å². The van der Waals surface area contributed by atoms with Crippen molar-refractivity contribution in [3.05, 3.63) is 58.0 Å². The van der Waals surface area contributed by atoms with Crippen LogP contribution in [0.4, 0.5) is 0 Å². The highest BCUT2D eigenvalue weighted by molar-refractivity contribution is 7.91. The van der Waals surface area contributed by atoms with Crippen LogP contribution in [0.1, 0.15) is 22.5 Å². The van der Waals surface area contributed by atoms with Crippen molar-refractivity contribution in [2.45, 2.75) is 19.0 Å². The van der Waals surface area contributed by atoms with Crippen LogP contribution < -0.4 is 0 Å². The molecule has 128 valence electrons. The Bertz CT molecular complexity index is 849. The first kappa shape index (κ1) is 17.3. The molecule has 24 heavy (non-hydrogen) atoms. The minimum atomic E-state index is -3.13. The Morgan fingerprint density at radius 1 is 1.29 bits per heavy atom. The summed E-state index contributed by atoms with van der Waals surface area (Å²) in [7, 11) is -3.13. The molecule has 1 saturated heterocycles. The average molecular weight is 388 g/mol. The monoisotopic (exact) mass is 387 g/mol. The van der Waals surface area contributed by atoms with Gasteiger partial charge in [-0.25, -0.2) is 8.42 Å². The summed E-state index contributed by atoms with van der Waals surface area (Å²) in [6.07, 6.45) is 1.81. The highest BCUT2D eigenvalue weighted by Crippen LogP contribution is 2.27. The Morgan fingerprint density at radius 3 is 2.67 bits per heavy atom. The standard InChI is InChI=1S/C16H15Cl2NO4S/c17-12-4-3-11(14(18)8-12)9-19(13-5-7-24(21,22)10-13)16(20)15-2-1-6-23-15/h1-4,6,8,13H,5,7,9-10H2. The summed E-state index contributed by atoms with van der Waals surface area (Å²) >= 11 is 12.1. The molecule has 1 unspecified atom stereocenters. The second kappa shape index (κ2) is 6.78. The number of rotatable bonds is 4. The lowest BCUT2D eigenvalue weighted by atomic mass is 10.1. The first-order chi connectivity index (χ1) is 11.4. The van der Waals surface area contributed by atoms with Crippen LogP contribution in [0.25, 0.3) is 0 Å². The van der Waals surface area contributed by atoms with Gasteiger partial charge in [0.2, 0.25) is 0 Å². The van der Waals surface area contributed by atoms with Gasteiger partial charge in [0.1, 0.15) is 0 Å². The molecule has 1 aromatic carbocycles. The third kappa shape index (κ3) is 3.77.